The zero-order valence-electron chi connectivity index (χ0n) is 3.03. The molecule has 0 aliphatic heterocycles. The molecule has 0 saturated heterocycles. The Bertz CT molecular complexity index is 68.5. The summed E-state index contributed by atoms with van der Waals surface area (Å²) in [6.07, 6.45) is 0. The van der Waals surface area contributed by atoms with Crippen LogP contribution in [-0.2, 0) is 5.73 Å². The summed E-state index contributed by atoms with van der Waals surface area (Å²) in [5.74, 6) is 0. The molecule has 0 aliphatic rings. The third-order valence-electron chi connectivity index (χ3n) is 0.100. The maximum atomic E-state index is 9.26. The Morgan fingerprint density at radius 2 is 2.14 bits per heavy atom. The molecule has 0 aliphatic carbocycles. The monoisotopic (exact) mass is 305 g/mol. The van der Waals surface area contributed by atoms with Crippen molar-refractivity contribution < 1.29 is 16.3 Å². The molecule has 0 spiro atoms. The first-order valence-electron chi connectivity index (χ1n) is 0.913. The van der Waals surface area contributed by atoms with Crippen LogP contribution in [0.4, 0.5) is 0 Å². The van der Waals surface area contributed by atoms with E-state index in [1.54, 1.807) is 0 Å². The van der Waals surface area contributed by atoms with E-state index in [2.05, 4.69) is 2.91 Å². The van der Waals surface area contributed by atoms with E-state index in [1.165, 1.54) is 0 Å². The van der Waals surface area contributed by atoms with Gasteiger partial charge in [-0.2, -0.15) is 0 Å². The molecule has 0 amide bonds. The van der Waals surface area contributed by atoms with Gasteiger partial charge in [0.1, 0.15) is 0 Å². The summed E-state index contributed by atoms with van der Waals surface area (Å²) in [5, 5.41) is 7.98. The summed E-state index contributed by atoms with van der Waals surface area (Å²) in [4.78, 5) is 9.03. The van der Waals surface area contributed by atoms with E-state index in [-0.39, 0.29) is 5.48 Å². The Kier molecular flexibility index (Phi) is 8.31. The van der Waals surface area contributed by atoms with E-state index in [0.29, 0.717) is 0 Å². The fraction of sp³-hybridized carbons (Fsp3) is 0. The van der Waals surface area contributed by atoms with E-state index in [4.69, 9.17) is 10.1 Å². The maximum absolute atomic E-state index is 9.26. The Hall–Kier alpha value is -0.157. The molecular formula is H2BiNO5. The van der Waals surface area contributed by atoms with Gasteiger partial charge < -0.3 is 5.48 Å². The SMILES string of the molecule is O.[O]=[Bi][O][N+](=O)[O-]. The second kappa shape index (κ2) is 5.84. The predicted molar refractivity (Wildman–Crippen MR) is 18.1 cm³/mol. The standard InChI is InChI=1S/Bi.NO3.H2O.O/c;2-1(3)4;;/h;;1H2;/q+1;-1;;. The van der Waals surface area contributed by atoms with Crippen molar-refractivity contribution in [3.8, 4) is 0 Å². The molecule has 7 heteroatoms. The molecular weight excluding hydrogens is 303 g/mol. The van der Waals surface area contributed by atoms with Crippen molar-refractivity contribution >= 4 is 23.7 Å². The molecule has 42 valence electrons. The minimum atomic E-state index is -2.37. The van der Waals surface area contributed by atoms with Crippen molar-refractivity contribution in [3.05, 3.63) is 10.1 Å². The second-order valence-corrected chi connectivity index (χ2v) is 1.59. The molecule has 0 radical (unpaired) electrons. The number of hydrogen-bond acceptors (Lipinski definition) is 4. The van der Waals surface area contributed by atoms with Gasteiger partial charge in [0.15, 0.2) is 0 Å². The molecule has 6 nitrogen and oxygen atoms in total. The number of nitrogens with zero attached hydrogens (tertiary/aromatic N) is 1. The predicted octanol–water partition coefficient (Wildman–Crippen LogP) is -1.67. The van der Waals surface area contributed by atoms with Crippen molar-refractivity contribution in [2.45, 2.75) is 0 Å². The Labute approximate surface area is 50.5 Å². The van der Waals surface area contributed by atoms with Crippen LogP contribution >= 0.6 is 0 Å². The zero-order valence-corrected chi connectivity index (χ0v) is 6.50. The van der Waals surface area contributed by atoms with E-state index >= 15 is 0 Å². The average molecular weight is 305 g/mol. The molecule has 0 heterocycles. The first-order valence-corrected chi connectivity index (χ1v) is 3.75. The van der Waals surface area contributed by atoms with Gasteiger partial charge in [-0.3, -0.25) is 0 Å². The van der Waals surface area contributed by atoms with Gasteiger partial charge in [0, 0.05) is 0 Å². The summed E-state index contributed by atoms with van der Waals surface area (Å²) >= 11 is -2.37. The summed E-state index contributed by atoms with van der Waals surface area (Å²) in [7, 11) is 0. The van der Waals surface area contributed by atoms with Crippen molar-refractivity contribution in [2.75, 3.05) is 0 Å². The summed E-state index contributed by atoms with van der Waals surface area (Å²) in [5.41, 5.74) is 0. The average Bonchev–Trinajstić information content (AvgIpc) is 1.35. The molecule has 0 saturated carbocycles. The third-order valence-corrected chi connectivity index (χ3v) is 0.877. The van der Waals surface area contributed by atoms with Crippen molar-refractivity contribution in [3.63, 3.8) is 0 Å². The Balaban J connectivity index is 0. The molecule has 7 heavy (non-hydrogen) atoms. The van der Waals surface area contributed by atoms with Gasteiger partial charge in [0.2, 0.25) is 0 Å². The van der Waals surface area contributed by atoms with Gasteiger partial charge in [0.05, 0.1) is 0 Å². The van der Waals surface area contributed by atoms with E-state index in [1.807, 2.05) is 0 Å². The summed E-state index contributed by atoms with van der Waals surface area (Å²) in [6, 6.07) is 0. The van der Waals surface area contributed by atoms with Gasteiger partial charge in [-0.1, -0.05) is 0 Å². The van der Waals surface area contributed by atoms with Crippen molar-refractivity contribution in [2.24, 2.45) is 0 Å². The molecule has 2 N–H and O–H groups in total. The number of rotatable bonds is 2. The van der Waals surface area contributed by atoms with Crippen LogP contribution in [0.1, 0.15) is 0 Å². The van der Waals surface area contributed by atoms with Crippen LogP contribution in [0.3, 0.4) is 0 Å². The first-order chi connectivity index (χ1) is 2.77. The van der Waals surface area contributed by atoms with E-state index in [0.717, 1.165) is 0 Å². The molecule has 0 aromatic rings. The van der Waals surface area contributed by atoms with Crippen LogP contribution in [0.25, 0.3) is 0 Å². The third kappa shape index (κ3) is 10.7. The topological polar surface area (TPSA) is 101 Å². The number of hydrogen-bond donors (Lipinski definition) is 0. The van der Waals surface area contributed by atoms with E-state index in [9.17, 15) is 2.81 Å². The van der Waals surface area contributed by atoms with Gasteiger partial charge in [-0.05, 0) is 0 Å². The normalized spacial score (nSPS) is 5.71. The molecule has 0 aromatic carbocycles. The van der Waals surface area contributed by atoms with Crippen LogP contribution in [0.2, 0.25) is 0 Å². The second-order valence-electron chi connectivity index (χ2n) is 0.380. The van der Waals surface area contributed by atoms with Gasteiger partial charge in [-0.15, -0.1) is 0 Å². The fourth-order valence-corrected chi connectivity index (χ4v) is 0.239. The first kappa shape index (κ1) is 9.96. The molecule has 0 rings (SSSR count). The minimum absolute atomic E-state index is 0. The van der Waals surface area contributed by atoms with E-state index < -0.39 is 28.8 Å². The Morgan fingerprint density at radius 1 is 1.71 bits per heavy atom. The Morgan fingerprint density at radius 3 is 2.14 bits per heavy atom. The quantitative estimate of drug-likeness (QED) is 0.346. The van der Waals surface area contributed by atoms with Crippen molar-refractivity contribution in [1.82, 2.24) is 0 Å². The van der Waals surface area contributed by atoms with Crippen LogP contribution in [-0.4, -0.2) is 34.2 Å². The van der Waals surface area contributed by atoms with Crippen LogP contribution in [0.15, 0.2) is 0 Å². The molecule has 0 aromatic heterocycles. The molecule has 0 atom stereocenters. The van der Waals surface area contributed by atoms with Gasteiger partial charge >= 0.3 is 44.6 Å². The van der Waals surface area contributed by atoms with Gasteiger partial charge in [0.25, 0.3) is 0 Å². The molecule has 0 unspecified atom stereocenters. The summed E-state index contributed by atoms with van der Waals surface area (Å²) in [6.45, 7) is 0. The zero-order chi connectivity index (χ0) is 4.99. The molecule has 0 bridgehead atoms. The van der Waals surface area contributed by atoms with Crippen LogP contribution in [0.5, 0.6) is 0 Å². The van der Waals surface area contributed by atoms with Gasteiger partial charge in [-0.25, -0.2) is 0 Å². The van der Waals surface area contributed by atoms with Crippen molar-refractivity contribution in [1.29, 1.82) is 0 Å². The fourth-order valence-electron chi connectivity index (χ4n) is 0.0272. The summed E-state index contributed by atoms with van der Waals surface area (Å²) < 4.78 is 12.6. The molecule has 0 fully saturated rings. The van der Waals surface area contributed by atoms with Crippen LogP contribution in [0, 0.1) is 10.1 Å². The van der Waals surface area contributed by atoms with Crippen LogP contribution < -0.4 is 0 Å².